The van der Waals surface area contributed by atoms with Crippen molar-refractivity contribution in [2.45, 2.75) is 141 Å². The second-order valence-corrected chi connectivity index (χ2v) is 15.9. The van der Waals surface area contributed by atoms with E-state index in [-0.39, 0.29) is 0 Å². The highest BCUT2D eigenvalue weighted by Gasteiger charge is 2.38. The maximum atomic E-state index is 6.77. The lowest BCUT2D eigenvalue weighted by Gasteiger charge is -2.30. The summed E-state index contributed by atoms with van der Waals surface area (Å²) in [5.74, 6) is 0. The van der Waals surface area contributed by atoms with Crippen LogP contribution in [0.25, 0.3) is 0 Å². The van der Waals surface area contributed by atoms with Crippen LogP contribution in [0.2, 0.25) is 11.6 Å². The molecule has 0 nitrogen and oxygen atoms in total. The van der Waals surface area contributed by atoms with E-state index >= 15 is 0 Å². The van der Waals surface area contributed by atoms with E-state index in [1.54, 1.807) is 0 Å². The van der Waals surface area contributed by atoms with Gasteiger partial charge >= 0.3 is 0 Å². The summed E-state index contributed by atoms with van der Waals surface area (Å²) in [4.78, 5) is 0. The van der Waals surface area contributed by atoms with Crippen molar-refractivity contribution in [3.05, 3.63) is 0 Å². The predicted octanol–water partition coefficient (Wildman–Crippen LogP) is 9.72. The van der Waals surface area contributed by atoms with E-state index in [1.807, 2.05) is 0 Å². The lowest BCUT2D eigenvalue weighted by molar-refractivity contribution is 0.495. The van der Waals surface area contributed by atoms with Crippen LogP contribution in [0.5, 0.6) is 0 Å². The van der Waals surface area contributed by atoms with E-state index in [0.717, 1.165) is 6.04 Å². The summed E-state index contributed by atoms with van der Waals surface area (Å²) >= 11 is 13.5. The minimum Gasteiger partial charge on any atom is -0.146 e. The average molecular weight is 408 g/mol. The number of unbranched alkanes of at least 4 members (excludes halogenated alkanes) is 13. The monoisotopic (exact) mass is 406 g/mol. The molecule has 25 heavy (non-hydrogen) atoms. The van der Waals surface area contributed by atoms with E-state index in [2.05, 4.69) is 6.92 Å². The molecule has 1 saturated carbocycles. The molecule has 0 heterocycles. The zero-order valence-corrected chi connectivity index (χ0v) is 19.5. The highest BCUT2D eigenvalue weighted by Crippen LogP contribution is 2.44. The van der Waals surface area contributed by atoms with E-state index in [9.17, 15) is 0 Å². The Kier molecular flexibility index (Phi) is 15.1. The molecule has 0 radical (unpaired) electrons. The first kappa shape index (κ1) is 23.8. The van der Waals surface area contributed by atoms with E-state index in [4.69, 9.17) is 22.2 Å². The third-order valence-electron chi connectivity index (χ3n) is 6.07. The van der Waals surface area contributed by atoms with Crippen LogP contribution in [0, 0.1) is 0 Å². The van der Waals surface area contributed by atoms with Gasteiger partial charge in [-0.25, -0.2) is 0 Å². The van der Waals surface area contributed by atoms with Gasteiger partial charge in [-0.1, -0.05) is 129 Å². The van der Waals surface area contributed by atoms with Crippen LogP contribution in [0.15, 0.2) is 0 Å². The Morgan fingerprint density at radius 2 is 1.00 bits per heavy atom. The Balaban J connectivity index is 1.82. The third kappa shape index (κ3) is 12.7. The zero-order chi connectivity index (χ0) is 18.2. The van der Waals surface area contributed by atoms with Crippen LogP contribution in [-0.4, -0.2) is 6.69 Å². The fourth-order valence-corrected chi connectivity index (χ4v) is 8.78. The summed E-state index contributed by atoms with van der Waals surface area (Å²) in [6.07, 6.45) is 26.6. The summed E-state index contributed by atoms with van der Waals surface area (Å²) in [6.45, 7) is 0.331. The van der Waals surface area contributed by atoms with Crippen molar-refractivity contribution in [1.82, 2.24) is 0 Å². The fourth-order valence-electron chi connectivity index (χ4n) is 4.28. The molecule has 150 valence electrons. The van der Waals surface area contributed by atoms with Crippen LogP contribution in [-0.2, 0) is 0 Å². The van der Waals surface area contributed by atoms with Crippen LogP contribution in [0.3, 0.4) is 0 Å². The molecule has 0 atom stereocenters. The van der Waals surface area contributed by atoms with E-state index in [1.165, 1.54) is 122 Å². The molecular formula is C22H44Cl2Si. The summed E-state index contributed by atoms with van der Waals surface area (Å²) in [5, 5.41) is 0. The van der Waals surface area contributed by atoms with Gasteiger partial charge in [0, 0.05) is 0 Å². The molecular weight excluding hydrogens is 363 g/mol. The maximum Gasteiger partial charge on any atom is 0.254 e. The first-order valence-electron chi connectivity index (χ1n) is 11.5. The van der Waals surface area contributed by atoms with Gasteiger partial charge in [-0.2, -0.15) is 0 Å². The smallest absolute Gasteiger partial charge is 0.146 e. The van der Waals surface area contributed by atoms with Crippen molar-refractivity contribution in [3.8, 4) is 0 Å². The van der Waals surface area contributed by atoms with Gasteiger partial charge in [0.1, 0.15) is 0 Å². The highest BCUT2D eigenvalue weighted by molar-refractivity contribution is 7.46. The Morgan fingerprint density at radius 1 is 0.600 bits per heavy atom. The molecule has 0 bridgehead atoms. The lowest BCUT2D eigenvalue weighted by Crippen LogP contribution is -2.28. The fraction of sp³-hybridized carbons (Fsp3) is 1.00. The molecule has 1 fully saturated rings. The third-order valence-corrected chi connectivity index (χ3v) is 11.8. The summed E-state index contributed by atoms with van der Waals surface area (Å²) in [7, 11) is 0. The minimum absolute atomic E-state index is 0.687. The van der Waals surface area contributed by atoms with E-state index in [0.29, 0.717) is 5.54 Å². The number of halogens is 2. The summed E-state index contributed by atoms with van der Waals surface area (Å²) < 4.78 is 0. The molecule has 3 heteroatoms. The van der Waals surface area contributed by atoms with Gasteiger partial charge in [0.2, 0.25) is 0 Å². The summed E-state index contributed by atoms with van der Waals surface area (Å²) in [5.41, 5.74) is 0.687. The lowest BCUT2D eigenvalue weighted by atomic mass is 10.0. The molecule has 0 unspecified atom stereocenters. The average Bonchev–Trinajstić information content (AvgIpc) is 2.63. The Morgan fingerprint density at radius 3 is 1.44 bits per heavy atom. The van der Waals surface area contributed by atoms with Crippen molar-refractivity contribution < 1.29 is 0 Å². The Bertz CT molecular complexity index is 288. The Labute approximate surface area is 169 Å². The second kappa shape index (κ2) is 15.8. The van der Waals surface area contributed by atoms with Gasteiger partial charge in [0.15, 0.2) is 0 Å². The van der Waals surface area contributed by atoms with Gasteiger partial charge < -0.3 is 0 Å². The molecule has 1 aliphatic carbocycles. The van der Waals surface area contributed by atoms with Gasteiger partial charge in [0.25, 0.3) is 6.69 Å². The van der Waals surface area contributed by atoms with Crippen LogP contribution < -0.4 is 0 Å². The molecule has 0 aromatic rings. The van der Waals surface area contributed by atoms with Gasteiger partial charge in [-0.15, -0.1) is 22.2 Å². The normalized spacial score (nSPS) is 16.4. The van der Waals surface area contributed by atoms with Crippen LogP contribution in [0.4, 0.5) is 0 Å². The first-order valence-corrected chi connectivity index (χ1v) is 15.9. The summed E-state index contributed by atoms with van der Waals surface area (Å²) in [6, 6.07) is 1.14. The molecule has 0 amide bonds. The van der Waals surface area contributed by atoms with Crippen LogP contribution in [0.1, 0.15) is 129 Å². The van der Waals surface area contributed by atoms with Crippen LogP contribution >= 0.6 is 22.2 Å². The second-order valence-electron chi connectivity index (χ2n) is 8.44. The van der Waals surface area contributed by atoms with Crippen molar-refractivity contribution in [2.75, 3.05) is 0 Å². The van der Waals surface area contributed by atoms with Crippen molar-refractivity contribution in [2.24, 2.45) is 0 Å². The topological polar surface area (TPSA) is 0 Å². The molecule has 1 rings (SSSR count). The molecule has 0 aromatic heterocycles. The van der Waals surface area contributed by atoms with Crippen molar-refractivity contribution in [1.29, 1.82) is 0 Å². The molecule has 0 N–H and O–H groups in total. The van der Waals surface area contributed by atoms with E-state index < -0.39 is 6.69 Å². The molecule has 0 aliphatic heterocycles. The first-order chi connectivity index (χ1) is 12.2. The standard InChI is InChI=1S/C22H44Cl2Si/c1-2-3-4-5-6-7-8-9-10-11-12-13-14-18-21-25(23,24)22-19-16-15-17-20-22/h22H,2-21H2,1H3. The number of hydrogen-bond acceptors (Lipinski definition) is 0. The zero-order valence-electron chi connectivity index (χ0n) is 17.0. The molecule has 1 aliphatic rings. The van der Waals surface area contributed by atoms with Crippen molar-refractivity contribution >= 4 is 28.9 Å². The van der Waals surface area contributed by atoms with Crippen molar-refractivity contribution in [3.63, 3.8) is 0 Å². The highest BCUT2D eigenvalue weighted by atomic mass is 35.7. The Hall–Kier alpha value is 0.797. The van der Waals surface area contributed by atoms with Gasteiger partial charge in [-0.05, 0) is 11.6 Å². The quantitative estimate of drug-likeness (QED) is 0.136. The largest absolute Gasteiger partial charge is 0.254 e. The molecule has 0 aromatic carbocycles. The minimum atomic E-state index is -1.96. The molecule has 0 spiro atoms. The van der Waals surface area contributed by atoms with Gasteiger partial charge in [-0.3, -0.25) is 0 Å². The number of rotatable bonds is 16. The predicted molar refractivity (Wildman–Crippen MR) is 119 cm³/mol. The molecule has 0 saturated heterocycles. The van der Waals surface area contributed by atoms with Gasteiger partial charge in [0.05, 0.1) is 0 Å². The SMILES string of the molecule is CCCCCCCCCCCCCCCC[Si](Cl)(Cl)C1CCCCC1. The maximum absolute atomic E-state index is 6.77. The number of hydrogen-bond donors (Lipinski definition) is 0.